The SMILES string of the molecule is CC(C(=O)O)c1ccc(-c2ccc(Cl)cc2)s1. The highest BCUT2D eigenvalue weighted by Crippen LogP contribution is 2.32. The molecule has 0 aliphatic carbocycles. The van der Waals surface area contributed by atoms with Gasteiger partial charge in [0, 0.05) is 14.8 Å². The van der Waals surface area contributed by atoms with Gasteiger partial charge in [-0.05, 0) is 36.8 Å². The van der Waals surface area contributed by atoms with Crippen molar-refractivity contribution >= 4 is 28.9 Å². The summed E-state index contributed by atoms with van der Waals surface area (Å²) in [4.78, 5) is 12.8. The van der Waals surface area contributed by atoms with E-state index < -0.39 is 11.9 Å². The summed E-state index contributed by atoms with van der Waals surface area (Å²) in [5, 5.41) is 9.64. The van der Waals surface area contributed by atoms with Crippen LogP contribution in [0.3, 0.4) is 0 Å². The molecule has 1 aromatic carbocycles. The summed E-state index contributed by atoms with van der Waals surface area (Å²) < 4.78 is 0. The summed E-state index contributed by atoms with van der Waals surface area (Å²) in [5.74, 6) is -1.25. The Labute approximate surface area is 108 Å². The first-order valence-electron chi connectivity index (χ1n) is 5.16. The molecular weight excluding hydrogens is 256 g/mol. The lowest BCUT2D eigenvalue weighted by Gasteiger charge is -2.01. The Morgan fingerprint density at radius 3 is 2.47 bits per heavy atom. The summed E-state index contributed by atoms with van der Waals surface area (Å²) in [6.07, 6.45) is 0. The molecule has 88 valence electrons. The topological polar surface area (TPSA) is 37.3 Å². The van der Waals surface area contributed by atoms with Gasteiger partial charge in [-0.1, -0.05) is 23.7 Å². The second-order valence-corrected chi connectivity index (χ2v) is 5.32. The molecule has 4 heteroatoms. The first-order valence-corrected chi connectivity index (χ1v) is 6.36. The number of thiophene rings is 1. The van der Waals surface area contributed by atoms with Crippen LogP contribution < -0.4 is 0 Å². The van der Waals surface area contributed by atoms with E-state index in [9.17, 15) is 4.79 Å². The monoisotopic (exact) mass is 266 g/mol. The first kappa shape index (κ1) is 12.1. The van der Waals surface area contributed by atoms with Gasteiger partial charge in [-0.2, -0.15) is 0 Å². The van der Waals surface area contributed by atoms with Gasteiger partial charge in [0.05, 0.1) is 5.92 Å². The van der Waals surface area contributed by atoms with E-state index in [0.717, 1.165) is 15.3 Å². The van der Waals surface area contributed by atoms with Crippen LogP contribution in [0.15, 0.2) is 36.4 Å². The van der Waals surface area contributed by atoms with Crippen molar-refractivity contribution in [2.45, 2.75) is 12.8 Å². The molecule has 17 heavy (non-hydrogen) atoms. The maximum Gasteiger partial charge on any atom is 0.311 e. The quantitative estimate of drug-likeness (QED) is 0.901. The van der Waals surface area contributed by atoms with Gasteiger partial charge in [-0.15, -0.1) is 11.3 Å². The summed E-state index contributed by atoms with van der Waals surface area (Å²) in [5.41, 5.74) is 1.06. The fraction of sp³-hybridized carbons (Fsp3) is 0.154. The number of carbonyl (C=O) groups is 1. The second-order valence-electron chi connectivity index (χ2n) is 3.77. The van der Waals surface area contributed by atoms with E-state index in [2.05, 4.69) is 0 Å². The highest BCUT2D eigenvalue weighted by Gasteiger charge is 2.16. The molecule has 2 aromatic rings. The van der Waals surface area contributed by atoms with E-state index in [4.69, 9.17) is 16.7 Å². The van der Waals surface area contributed by atoms with Crippen LogP contribution in [0.1, 0.15) is 17.7 Å². The van der Waals surface area contributed by atoms with E-state index in [1.165, 1.54) is 11.3 Å². The predicted molar refractivity (Wildman–Crippen MR) is 70.8 cm³/mol. The smallest absolute Gasteiger partial charge is 0.311 e. The minimum absolute atomic E-state index is 0.457. The molecule has 2 rings (SSSR count). The molecule has 0 aliphatic heterocycles. The number of carboxylic acids is 1. The molecule has 1 N–H and O–H groups in total. The van der Waals surface area contributed by atoms with E-state index in [0.29, 0.717) is 5.02 Å². The predicted octanol–water partition coefficient (Wildman–Crippen LogP) is 4.26. The molecule has 0 saturated heterocycles. The van der Waals surface area contributed by atoms with Gasteiger partial charge in [0.1, 0.15) is 0 Å². The molecule has 1 heterocycles. The van der Waals surface area contributed by atoms with Gasteiger partial charge in [-0.3, -0.25) is 4.79 Å². The van der Waals surface area contributed by atoms with Crippen molar-refractivity contribution in [2.75, 3.05) is 0 Å². The molecule has 1 atom stereocenters. The minimum Gasteiger partial charge on any atom is -0.481 e. The molecule has 0 radical (unpaired) electrons. The average Bonchev–Trinajstić information content (AvgIpc) is 2.78. The van der Waals surface area contributed by atoms with Gasteiger partial charge in [0.15, 0.2) is 0 Å². The van der Waals surface area contributed by atoms with E-state index in [-0.39, 0.29) is 0 Å². The van der Waals surface area contributed by atoms with Crippen molar-refractivity contribution in [1.29, 1.82) is 0 Å². The number of hydrogen-bond acceptors (Lipinski definition) is 2. The summed E-state index contributed by atoms with van der Waals surface area (Å²) in [7, 11) is 0. The number of aliphatic carboxylic acids is 1. The maximum atomic E-state index is 10.9. The van der Waals surface area contributed by atoms with Gasteiger partial charge in [0.2, 0.25) is 0 Å². The Morgan fingerprint density at radius 2 is 1.88 bits per heavy atom. The Hall–Kier alpha value is -1.32. The van der Waals surface area contributed by atoms with Gasteiger partial charge in [-0.25, -0.2) is 0 Å². The van der Waals surface area contributed by atoms with Crippen LogP contribution in [0.25, 0.3) is 10.4 Å². The Kier molecular flexibility index (Phi) is 3.50. The molecule has 1 aromatic heterocycles. The molecule has 0 bridgehead atoms. The molecule has 0 amide bonds. The lowest BCUT2D eigenvalue weighted by atomic mass is 10.1. The van der Waals surface area contributed by atoms with Gasteiger partial charge >= 0.3 is 5.97 Å². The van der Waals surface area contributed by atoms with Crippen LogP contribution in [-0.2, 0) is 4.79 Å². The fourth-order valence-electron chi connectivity index (χ4n) is 1.48. The number of halogens is 1. The molecule has 1 unspecified atom stereocenters. The van der Waals surface area contributed by atoms with Crippen LogP contribution in [0.4, 0.5) is 0 Å². The van der Waals surface area contributed by atoms with Crippen molar-refractivity contribution in [2.24, 2.45) is 0 Å². The third-order valence-electron chi connectivity index (χ3n) is 2.55. The second kappa shape index (κ2) is 4.90. The van der Waals surface area contributed by atoms with Crippen molar-refractivity contribution in [3.05, 3.63) is 46.3 Å². The summed E-state index contributed by atoms with van der Waals surface area (Å²) in [6, 6.07) is 11.3. The number of rotatable bonds is 3. The normalized spacial score (nSPS) is 12.4. The zero-order valence-corrected chi connectivity index (χ0v) is 10.8. The zero-order valence-electron chi connectivity index (χ0n) is 9.18. The molecule has 0 spiro atoms. The largest absolute Gasteiger partial charge is 0.481 e. The highest BCUT2D eigenvalue weighted by atomic mass is 35.5. The first-order chi connectivity index (χ1) is 8.08. The lowest BCUT2D eigenvalue weighted by Crippen LogP contribution is -2.04. The van der Waals surface area contributed by atoms with Crippen molar-refractivity contribution in [1.82, 2.24) is 0 Å². The molecule has 0 saturated carbocycles. The molecular formula is C13H11ClO2S. The van der Waals surface area contributed by atoms with Gasteiger partial charge in [0.25, 0.3) is 0 Å². The number of hydrogen-bond donors (Lipinski definition) is 1. The zero-order chi connectivity index (χ0) is 12.4. The third kappa shape index (κ3) is 2.68. The Bertz CT molecular complexity index is 531. The van der Waals surface area contributed by atoms with Crippen LogP contribution in [0.5, 0.6) is 0 Å². The van der Waals surface area contributed by atoms with Crippen LogP contribution >= 0.6 is 22.9 Å². The van der Waals surface area contributed by atoms with Crippen LogP contribution in [0.2, 0.25) is 5.02 Å². The van der Waals surface area contributed by atoms with Crippen molar-refractivity contribution in [3.8, 4) is 10.4 Å². The summed E-state index contributed by atoms with van der Waals surface area (Å²) >= 11 is 7.33. The molecule has 0 fully saturated rings. The molecule has 2 nitrogen and oxygen atoms in total. The average molecular weight is 267 g/mol. The third-order valence-corrected chi connectivity index (χ3v) is 4.12. The standard InChI is InChI=1S/C13H11ClO2S/c1-8(13(15)16)11-6-7-12(17-11)9-2-4-10(14)5-3-9/h2-8H,1H3,(H,15,16). The van der Waals surface area contributed by atoms with E-state index >= 15 is 0 Å². The van der Waals surface area contributed by atoms with Crippen LogP contribution in [-0.4, -0.2) is 11.1 Å². The van der Waals surface area contributed by atoms with Crippen molar-refractivity contribution in [3.63, 3.8) is 0 Å². The maximum absolute atomic E-state index is 10.9. The van der Waals surface area contributed by atoms with E-state index in [1.54, 1.807) is 6.92 Å². The lowest BCUT2D eigenvalue weighted by molar-refractivity contribution is -0.138. The van der Waals surface area contributed by atoms with Crippen molar-refractivity contribution < 1.29 is 9.90 Å². The molecule has 0 aliphatic rings. The number of carboxylic acid groups (broad SMARTS) is 1. The highest BCUT2D eigenvalue weighted by molar-refractivity contribution is 7.15. The van der Waals surface area contributed by atoms with E-state index in [1.807, 2.05) is 36.4 Å². The van der Waals surface area contributed by atoms with Gasteiger partial charge < -0.3 is 5.11 Å². The van der Waals surface area contributed by atoms with Crippen LogP contribution in [0, 0.1) is 0 Å². The summed E-state index contributed by atoms with van der Waals surface area (Å²) in [6.45, 7) is 1.69. The Balaban J connectivity index is 2.29. The fourth-order valence-corrected chi connectivity index (χ4v) is 2.66. The number of benzene rings is 1. The minimum atomic E-state index is -0.797. The Morgan fingerprint density at radius 1 is 1.24 bits per heavy atom.